The quantitative estimate of drug-likeness (QED) is 0.571. The Kier molecular flexibility index (Phi) is 3.22. The summed E-state index contributed by atoms with van der Waals surface area (Å²) in [5.74, 6) is 0. The Morgan fingerprint density at radius 2 is 2.17 bits per heavy atom. The van der Waals surface area contributed by atoms with Crippen LogP contribution in [0.2, 0.25) is 5.02 Å². The normalized spacial score (nSPS) is 10.8. The third kappa shape index (κ3) is 1.85. The summed E-state index contributed by atoms with van der Waals surface area (Å²) in [6, 6.07) is 0. The predicted molar refractivity (Wildman–Crippen MR) is 51.7 cm³/mol. The number of halogens is 4. The van der Waals surface area contributed by atoms with Gasteiger partial charge in [-0.15, -0.1) is 0 Å². The fourth-order valence-corrected chi connectivity index (χ4v) is 1.54. The number of aryl methyl sites for hydroxylation is 1. The van der Waals surface area contributed by atoms with Gasteiger partial charge in [-0.05, 0) is 35.1 Å². The summed E-state index contributed by atoms with van der Waals surface area (Å²) in [7, 11) is 0. The van der Waals surface area contributed by atoms with Gasteiger partial charge in [-0.25, -0.2) is 13.8 Å². The van der Waals surface area contributed by atoms with Gasteiger partial charge in [-0.1, -0.05) is 11.6 Å². The number of nitrogens with zero attached hydrogens (tertiary/aromatic N) is 1. The maximum atomic E-state index is 12.4. The first kappa shape index (κ1) is 10.1. The van der Waals surface area contributed by atoms with Crippen LogP contribution in [0.1, 0.15) is 17.6 Å². The average molecular weight is 303 g/mol. The van der Waals surface area contributed by atoms with Crippen molar-refractivity contribution in [3.05, 3.63) is 26.0 Å². The van der Waals surface area contributed by atoms with Crippen molar-refractivity contribution in [2.24, 2.45) is 0 Å². The lowest BCUT2D eigenvalue weighted by Gasteiger charge is -2.06. The Morgan fingerprint density at radius 3 is 2.58 bits per heavy atom. The zero-order chi connectivity index (χ0) is 9.30. The van der Waals surface area contributed by atoms with Gasteiger partial charge >= 0.3 is 0 Å². The van der Waals surface area contributed by atoms with Gasteiger partial charge in [-0.3, -0.25) is 0 Å². The van der Waals surface area contributed by atoms with Crippen LogP contribution >= 0.6 is 34.2 Å². The predicted octanol–water partition coefficient (Wildman–Crippen LogP) is 3.59. The first-order valence-electron chi connectivity index (χ1n) is 3.12. The molecule has 1 heterocycles. The molecule has 1 nitrogen and oxygen atoms in total. The molecule has 0 fully saturated rings. The van der Waals surface area contributed by atoms with Crippen LogP contribution in [-0.2, 0) is 0 Å². The van der Waals surface area contributed by atoms with Crippen LogP contribution in [0.25, 0.3) is 0 Å². The van der Waals surface area contributed by atoms with Crippen molar-refractivity contribution >= 4 is 34.2 Å². The van der Waals surface area contributed by atoms with Crippen molar-refractivity contribution in [2.45, 2.75) is 13.3 Å². The molecule has 0 aliphatic heterocycles. The van der Waals surface area contributed by atoms with Gasteiger partial charge in [0.05, 0.1) is 5.02 Å². The van der Waals surface area contributed by atoms with E-state index < -0.39 is 6.43 Å². The van der Waals surface area contributed by atoms with Crippen molar-refractivity contribution in [1.82, 2.24) is 4.98 Å². The van der Waals surface area contributed by atoms with Crippen LogP contribution in [0.15, 0.2) is 6.20 Å². The third-order valence-corrected chi connectivity index (χ3v) is 2.95. The van der Waals surface area contributed by atoms with Gasteiger partial charge in [0.1, 0.15) is 3.70 Å². The van der Waals surface area contributed by atoms with Gasteiger partial charge in [0.25, 0.3) is 6.43 Å². The largest absolute Gasteiger partial charge is 0.265 e. The Bertz CT molecular complexity index is 304. The van der Waals surface area contributed by atoms with Crippen molar-refractivity contribution in [1.29, 1.82) is 0 Å². The van der Waals surface area contributed by atoms with Crippen molar-refractivity contribution < 1.29 is 8.78 Å². The van der Waals surface area contributed by atoms with E-state index in [1.807, 2.05) is 22.6 Å². The Morgan fingerprint density at radius 1 is 1.58 bits per heavy atom. The van der Waals surface area contributed by atoms with Crippen LogP contribution in [-0.4, -0.2) is 4.98 Å². The fraction of sp³-hybridized carbons (Fsp3) is 0.286. The van der Waals surface area contributed by atoms with Crippen molar-refractivity contribution in [3.63, 3.8) is 0 Å². The van der Waals surface area contributed by atoms with Crippen LogP contribution in [0.3, 0.4) is 0 Å². The molecular weight excluding hydrogens is 298 g/mol. The molecule has 0 aromatic carbocycles. The Labute approximate surface area is 87.3 Å². The molecule has 5 heteroatoms. The van der Waals surface area contributed by atoms with E-state index in [4.69, 9.17) is 11.6 Å². The minimum Gasteiger partial charge on any atom is -0.248 e. The zero-order valence-electron chi connectivity index (χ0n) is 6.11. The molecule has 0 spiro atoms. The minimum atomic E-state index is -2.53. The summed E-state index contributed by atoms with van der Waals surface area (Å²) in [6.45, 7) is 1.57. The highest BCUT2D eigenvalue weighted by Gasteiger charge is 2.17. The summed E-state index contributed by atoms with van der Waals surface area (Å²) >= 11 is 7.47. The molecule has 0 bridgehead atoms. The second-order valence-electron chi connectivity index (χ2n) is 2.26. The first-order chi connectivity index (χ1) is 5.54. The zero-order valence-corrected chi connectivity index (χ0v) is 9.03. The van der Waals surface area contributed by atoms with E-state index in [0.29, 0.717) is 9.26 Å². The smallest absolute Gasteiger partial charge is 0.248 e. The van der Waals surface area contributed by atoms with E-state index in [1.54, 1.807) is 6.92 Å². The molecule has 0 aliphatic carbocycles. The molecule has 12 heavy (non-hydrogen) atoms. The average Bonchev–Trinajstić information content (AvgIpc) is 1.97. The fourth-order valence-electron chi connectivity index (χ4n) is 0.832. The van der Waals surface area contributed by atoms with E-state index in [2.05, 4.69) is 4.98 Å². The van der Waals surface area contributed by atoms with Crippen LogP contribution in [0.4, 0.5) is 8.78 Å². The SMILES string of the molecule is Cc1cnc(I)c(Cl)c1C(F)F. The van der Waals surface area contributed by atoms with E-state index >= 15 is 0 Å². The van der Waals surface area contributed by atoms with E-state index in [0.717, 1.165) is 0 Å². The molecule has 0 unspecified atom stereocenters. The van der Waals surface area contributed by atoms with E-state index in [-0.39, 0.29) is 10.6 Å². The Hall–Kier alpha value is 0.0300. The summed E-state index contributed by atoms with van der Waals surface area (Å²) < 4.78 is 25.1. The highest BCUT2D eigenvalue weighted by molar-refractivity contribution is 14.1. The number of rotatable bonds is 1. The summed E-state index contributed by atoms with van der Waals surface area (Å²) in [5, 5.41) is 0.0607. The summed E-state index contributed by atoms with van der Waals surface area (Å²) in [4.78, 5) is 3.84. The third-order valence-electron chi connectivity index (χ3n) is 1.43. The van der Waals surface area contributed by atoms with Crippen molar-refractivity contribution in [3.8, 4) is 0 Å². The lowest BCUT2D eigenvalue weighted by Crippen LogP contribution is -1.95. The van der Waals surface area contributed by atoms with Gasteiger partial charge < -0.3 is 0 Å². The molecule has 1 rings (SSSR count). The summed E-state index contributed by atoms with van der Waals surface area (Å²) in [5.41, 5.74) is 0.312. The second-order valence-corrected chi connectivity index (χ2v) is 3.66. The van der Waals surface area contributed by atoms with Crippen molar-refractivity contribution in [2.75, 3.05) is 0 Å². The van der Waals surface area contributed by atoms with Crippen LogP contribution in [0.5, 0.6) is 0 Å². The van der Waals surface area contributed by atoms with Gasteiger partial charge in [0.15, 0.2) is 0 Å². The molecule has 0 radical (unpaired) electrons. The Balaban J connectivity index is 3.33. The van der Waals surface area contributed by atoms with Crippen LogP contribution in [0, 0.1) is 10.6 Å². The van der Waals surface area contributed by atoms with Gasteiger partial charge in [0.2, 0.25) is 0 Å². The van der Waals surface area contributed by atoms with Crippen LogP contribution < -0.4 is 0 Å². The molecule has 1 aromatic heterocycles. The molecule has 0 amide bonds. The molecule has 0 saturated heterocycles. The minimum absolute atomic E-state index is 0.0607. The highest BCUT2D eigenvalue weighted by Crippen LogP contribution is 2.31. The number of aromatic nitrogens is 1. The second kappa shape index (κ2) is 3.83. The number of alkyl halides is 2. The summed E-state index contributed by atoms with van der Waals surface area (Å²) in [6.07, 6.45) is -1.14. The first-order valence-corrected chi connectivity index (χ1v) is 4.58. The van der Waals surface area contributed by atoms with Gasteiger partial charge in [0, 0.05) is 11.8 Å². The standard InChI is InChI=1S/C7H5ClF2IN/c1-3-2-12-7(11)5(8)4(3)6(9)10/h2,6H,1H3. The molecule has 1 aromatic rings. The molecular formula is C7H5ClF2IN. The number of hydrogen-bond acceptors (Lipinski definition) is 1. The van der Waals surface area contributed by atoms with E-state index in [9.17, 15) is 8.78 Å². The maximum absolute atomic E-state index is 12.4. The monoisotopic (exact) mass is 303 g/mol. The molecule has 0 aliphatic rings. The molecule has 0 saturated carbocycles. The maximum Gasteiger partial charge on any atom is 0.265 e. The lowest BCUT2D eigenvalue weighted by molar-refractivity contribution is 0.150. The topological polar surface area (TPSA) is 12.9 Å². The number of pyridine rings is 1. The lowest BCUT2D eigenvalue weighted by atomic mass is 10.2. The molecule has 66 valence electrons. The molecule has 0 N–H and O–H groups in total. The highest BCUT2D eigenvalue weighted by atomic mass is 127. The molecule has 0 atom stereocenters. The van der Waals surface area contributed by atoms with Gasteiger partial charge in [-0.2, -0.15) is 0 Å². The van der Waals surface area contributed by atoms with E-state index in [1.165, 1.54) is 6.20 Å². The number of hydrogen-bond donors (Lipinski definition) is 0.